The number of hydrogen-bond acceptors (Lipinski definition) is 1. The highest BCUT2D eigenvalue weighted by Crippen LogP contribution is 2.12. The van der Waals surface area contributed by atoms with Gasteiger partial charge < -0.3 is 5.32 Å². The molecule has 0 bridgehead atoms. The minimum Gasteiger partial charge on any atom is -0.311 e. The van der Waals surface area contributed by atoms with Crippen LogP contribution in [0.5, 0.6) is 0 Å². The molecule has 0 aliphatic carbocycles. The van der Waals surface area contributed by atoms with E-state index in [0.717, 1.165) is 12.5 Å². The molecule has 0 aromatic heterocycles. The van der Waals surface area contributed by atoms with Crippen molar-refractivity contribution in [3.8, 4) is 0 Å². The summed E-state index contributed by atoms with van der Waals surface area (Å²) in [5.41, 5.74) is 0.332. The van der Waals surface area contributed by atoms with Crippen molar-refractivity contribution >= 4 is 11.6 Å². The van der Waals surface area contributed by atoms with E-state index in [4.69, 9.17) is 11.6 Å². The Kier molecular flexibility index (Phi) is 5.86. The molecule has 0 heterocycles. The van der Waals surface area contributed by atoms with E-state index >= 15 is 0 Å². The Hall–Kier alpha value is -0.670. The smallest absolute Gasteiger partial charge is 0.163 e. The van der Waals surface area contributed by atoms with Crippen LogP contribution in [-0.4, -0.2) is 11.9 Å². The van der Waals surface area contributed by atoms with Crippen LogP contribution in [0.3, 0.4) is 0 Å². The average Bonchev–Trinajstić information content (AvgIpc) is 2.23. The highest BCUT2D eigenvalue weighted by Gasteiger charge is 2.09. The molecule has 0 spiro atoms. The number of nitrogens with one attached hydrogen (secondary N) is 1. The van der Waals surface area contributed by atoms with Gasteiger partial charge in [0.15, 0.2) is 11.6 Å². The summed E-state index contributed by atoms with van der Waals surface area (Å²) >= 11 is 6.08. The fourth-order valence-corrected chi connectivity index (χ4v) is 2.11. The zero-order chi connectivity index (χ0) is 12.8. The summed E-state index contributed by atoms with van der Waals surface area (Å²) in [6.07, 6.45) is 0.903. The van der Waals surface area contributed by atoms with Crippen molar-refractivity contribution in [1.82, 2.24) is 5.32 Å². The van der Waals surface area contributed by atoms with Gasteiger partial charge in [-0.3, -0.25) is 0 Å². The van der Waals surface area contributed by atoms with E-state index in [1.165, 1.54) is 6.07 Å². The maximum atomic E-state index is 13.3. The Morgan fingerprint density at radius 3 is 2.65 bits per heavy atom. The second kappa shape index (κ2) is 6.92. The first-order valence-corrected chi connectivity index (χ1v) is 6.22. The molecular weight excluding hydrogens is 244 g/mol. The predicted molar refractivity (Wildman–Crippen MR) is 67.2 cm³/mol. The van der Waals surface area contributed by atoms with Gasteiger partial charge in [-0.2, -0.15) is 0 Å². The molecule has 1 rings (SSSR count). The molecule has 0 aliphatic heterocycles. The van der Waals surface area contributed by atoms with Crippen molar-refractivity contribution in [1.29, 1.82) is 0 Å². The first-order valence-electron chi connectivity index (χ1n) is 5.78. The number of benzene rings is 1. The normalized spacial score (nSPS) is 13.1. The minimum atomic E-state index is -0.811. The summed E-state index contributed by atoms with van der Waals surface area (Å²) in [4.78, 5) is 0. The number of hydrogen-bond donors (Lipinski definition) is 1. The Balaban J connectivity index is 2.38. The second-order valence-corrected chi connectivity index (χ2v) is 5.19. The molecule has 17 heavy (non-hydrogen) atoms. The van der Waals surface area contributed by atoms with Gasteiger partial charge in [0.05, 0.1) is 0 Å². The van der Waals surface area contributed by atoms with Gasteiger partial charge in [-0.05, 0) is 18.4 Å². The molecule has 1 aromatic rings. The van der Waals surface area contributed by atoms with Crippen LogP contribution in [0.2, 0.25) is 0 Å². The van der Waals surface area contributed by atoms with E-state index in [1.54, 1.807) is 6.07 Å². The highest BCUT2D eigenvalue weighted by molar-refractivity contribution is 6.20. The van der Waals surface area contributed by atoms with E-state index in [2.05, 4.69) is 19.2 Å². The van der Waals surface area contributed by atoms with Gasteiger partial charge in [-0.15, -0.1) is 11.6 Å². The first-order chi connectivity index (χ1) is 8.00. The molecule has 1 N–H and O–H groups in total. The quantitative estimate of drug-likeness (QED) is 0.770. The van der Waals surface area contributed by atoms with E-state index < -0.39 is 11.6 Å². The molecule has 1 atom stereocenters. The Morgan fingerprint density at radius 1 is 1.29 bits per heavy atom. The van der Waals surface area contributed by atoms with Crippen LogP contribution in [0, 0.1) is 17.6 Å². The topological polar surface area (TPSA) is 12.0 Å². The lowest BCUT2D eigenvalue weighted by atomic mass is 10.1. The summed E-state index contributed by atoms with van der Waals surface area (Å²) in [5, 5.41) is 3.06. The van der Waals surface area contributed by atoms with Gasteiger partial charge in [0.2, 0.25) is 0 Å². The van der Waals surface area contributed by atoms with Gasteiger partial charge in [0, 0.05) is 24.0 Å². The van der Waals surface area contributed by atoms with Crippen molar-refractivity contribution in [3.63, 3.8) is 0 Å². The van der Waals surface area contributed by atoms with Crippen LogP contribution in [0.4, 0.5) is 8.78 Å². The first kappa shape index (κ1) is 14.4. The molecule has 0 radical (unpaired) electrons. The molecule has 0 saturated heterocycles. The van der Waals surface area contributed by atoms with Crippen molar-refractivity contribution in [2.24, 2.45) is 5.92 Å². The van der Waals surface area contributed by atoms with E-state index in [1.807, 2.05) is 0 Å². The second-order valence-electron chi connectivity index (χ2n) is 4.57. The van der Waals surface area contributed by atoms with Crippen LogP contribution >= 0.6 is 11.6 Å². The van der Waals surface area contributed by atoms with Crippen LogP contribution in [0.1, 0.15) is 25.8 Å². The number of halogens is 3. The zero-order valence-electron chi connectivity index (χ0n) is 10.1. The molecule has 0 fully saturated rings. The fraction of sp³-hybridized carbons (Fsp3) is 0.538. The van der Waals surface area contributed by atoms with Crippen molar-refractivity contribution in [2.75, 3.05) is 6.54 Å². The number of alkyl halides is 1. The lowest BCUT2D eigenvalue weighted by molar-refractivity contribution is 0.488. The Morgan fingerprint density at radius 2 is 2.00 bits per heavy atom. The van der Waals surface area contributed by atoms with Gasteiger partial charge in [-0.25, -0.2) is 8.78 Å². The molecule has 1 nitrogen and oxygen atoms in total. The summed E-state index contributed by atoms with van der Waals surface area (Å²) in [5.74, 6) is -1.06. The van der Waals surface area contributed by atoms with E-state index in [-0.39, 0.29) is 5.38 Å². The van der Waals surface area contributed by atoms with E-state index in [0.29, 0.717) is 24.6 Å². The molecule has 1 unspecified atom stereocenters. The molecule has 0 amide bonds. The van der Waals surface area contributed by atoms with Crippen molar-refractivity contribution < 1.29 is 8.78 Å². The Labute approximate surface area is 106 Å². The number of rotatable bonds is 6. The van der Waals surface area contributed by atoms with Gasteiger partial charge >= 0.3 is 0 Å². The maximum absolute atomic E-state index is 13.3. The third kappa shape index (κ3) is 5.00. The van der Waals surface area contributed by atoms with Gasteiger partial charge in [-0.1, -0.05) is 26.0 Å². The molecule has 1 aromatic carbocycles. The molecule has 96 valence electrons. The van der Waals surface area contributed by atoms with Crippen molar-refractivity contribution in [3.05, 3.63) is 35.4 Å². The largest absolute Gasteiger partial charge is 0.311 e. The third-order valence-corrected chi connectivity index (χ3v) is 2.77. The maximum Gasteiger partial charge on any atom is 0.163 e. The monoisotopic (exact) mass is 261 g/mol. The van der Waals surface area contributed by atoms with Crippen LogP contribution < -0.4 is 5.32 Å². The molecular formula is C13H18ClF2N. The predicted octanol–water partition coefficient (Wildman–Crippen LogP) is 3.71. The summed E-state index contributed by atoms with van der Waals surface area (Å²) < 4.78 is 26.2. The summed E-state index contributed by atoms with van der Waals surface area (Å²) in [6, 6.07) is 4.18. The Bertz CT molecular complexity index is 355. The lowest BCUT2D eigenvalue weighted by Crippen LogP contribution is -2.24. The minimum absolute atomic E-state index is 0.0200. The van der Waals surface area contributed by atoms with Crippen molar-refractivity contribution in [2.45, 2.75) is 32.2 Å². The standard InChI is InChI=1S/C13H18ClF2N/c1-9(2)6-11(14)8-17-7-10-4-3-5-12(15)13(10)16/h3-5,9,11,17H,6-8H2,1-2H3. The third-order valence-electron chi connectivity index (χ3n) is 2.44. The van der Waals surface area contributed by atoms with Crippen LogP contribution in [-0.2, 0) is 6.54 Å². The van der Waals surface area contributed by atoms with Gasteiger partial charge in [0.25, 0.3) is 0 Å². The molecule has 0 saturated carbocycles. The fourth-order valence-electron chi connectivity index (χ4n) is 1.64. The van der Waals surface area contributed by atoms with Crippen LogP contribution in [0.15, 0.2) is 18.2 Å². The highest BCUT2D eigenvalue weighted by atomic mass is 35.5. The van der Waals surface area contributed by atoms with Gasteiger partial charge in [0.1, 0.15) is 0 Å². The van der Waals surface area contributed by atoms with E-state index in [9.17, 15) is 8.78 Å². The molecule has 0 aliphatic rings. The van der Waals surface area contributed by atoms with Crippen LogP contribution in [0.25, 0.3) is 0 Å². The average molecular weight is 262 g/mol. The lowest BCUT2D eigenvalue weighted by Gasteiger charge is -2.13. The molecule has 4 heteroatoms. The summed E-state index contributed by atoms with van der Waals surface area (Å²) in [6.45, 7) is 5.09. The SMILES string of the molecule is CC(C)CC(Cl)CNCc1cccc(F)c1F. The summed E-state index contributed by atoms with van der Waals surface area (Å²) in [7, 11) is 0. The zero-order valence-corrected chi connectivity index (χ0v) is 10.9.